The van der Waals surface area contributed by atoms with Crippen LogP contribution in [0.4, 0.5) is 11.4 Å². The summed E-state index contributed by atoms with van der Waals surface area (Å²) in [6.07, 6.45) is 1.78. The van der Waals surface area contributed by atoms with Crippen molar-refractivity contribution in [1.82, 2.24) is 14.8 Å². The van der Waals surface area contributed by atoms with Crippen LogP contribution >= 0.6 is 23.4 Å². The van der Waals surface area contributed by atoms with Crippen molar-refractivity contribution in [2.45, 2.75) is 25.5 Å². The minimum atomic E-state index is -0.0956. The summed E-state index contributed by atoms with van der Waals surface area (Å²) < 4.78 is 1.94. The van der Waals surface area contributed by atoms with Crippen molar-refractivity contribution < 1.29 is 4.79 Å². The van der Waals surface area contributed by atoms with Gasteiger partial charge in [0, 0.05) is 41.6 Å². The number of hydrogen-bond acceptors (Lipinski definition) is 5. The Bertz CT molecular complexity index is 1010. The molecule has 0 saturated heterocycles. The quantitative estimate of drug-likeness (QED) is 0.329. The average Bonchev–Trinajstić information content (AvgIpc) is 3.18. The fourth-order valence-electron chi connectivity index (χ4n) is 3.17. The number of aromatic nitrogens is 3. The Morgan fingerprint density at radius 1 is 1.13 bits per heavy atom. The maximum absolute atomic E-state index is 12.5. The molecule has 1 aromatic heterocycles. The Morgan fingerprint density at radius 2 is 1.81 bits per heavy atom. The van der Waals surface area contributed by atoms with Gasteiger partial charge in [0.15, 0.2) is 11.0 Å². The van der Waals surface area contributed by atoms with Gasteiger partial charge in [-0.15, -0.1) is 16.8 Å². The van der Waals surface area contributed by atoms with Crippen molar-refractivity contribution in [2.75, 3.05) is 29.1 Å². The lowest BCUT2D eigenvalue weighted by Crippen LogP contribution is -2.21. The van der Waals surface area contributed by atoms with Crippen molar-refractivity contribution in [3.63, 3.8) is 0 Å². The summed E-state index contributed by atoms with van der Waals surface area (Å²) in [6, 6.07) is 15.3. The van der Waals surface area contributed by atoms with Gasteiger partial charge in [0.05, 0.1) is 5.75 Å². The number of thioether (sulfide) groups is 1. The zero-order valence-electron chi connectivity index (χ0n) is 17.7. The first kappa shape index (κ1) is 22.9. The Hall–Kier alpha value is -2.77. The molecule has 162 valence electrons. The zero-order valence-corrected chi connectivity index (χ0v) is 19.3. The third kappa shape index (κ3) is 5.89. The molecule has 31 heavy (non-hydrogen) atoms. The second-order valence-electron chi connectivity index (χ2n) is 6.77. The maximum atomic E-state index is 12.5. The summed E-state index contributed by atoms with van der Waals surface area (Å²) in [5.74, 6) is 0.849. The highest BCUT2D eigenvalue weighted by Crippen LogP contribution is 2.25. The fourth-order valence-corrected chi connectivity index (χ4v) is 4.05. The van der Waals surface area contributed by atoms with Gasteiger partial charge >= 0.3 is 0 Å². The predicted molar refractivity (Wildman–Crippen MR) is 130 cm³/mol. The van der Waals surface area contributed by atoms with Gasteiger partial charge < -0.3 is 10.2 Å². The van der Waals surface area contributed by atoms with Gasteiger partial charge in [-0.3, -0.25) is 9.36 Å². The summed E-state index contributed by atoms with van der Waals surface area (Å²) >= 11 is 7.33. The second kappa shape index (κ2) is 11.0. The van der Waals surface area contributed by atoms with Crippen LogP contribution in [-0.2, 0) is 11.3 Å². The Balaban J connectivity index is 1.64. The van der Waals surface area contributed by atoms with Crippen molar-refractivity contribution in [3.8, 4) is 11.4 Å². The van der Waals surface area contributed by atoms with Crippen molar-refractivity contribution in [1.29, 1.82) is 0 Å². The minimum Gasteiger partial charge on any atom is -0.372 e. The number of hydrogen-bond donors (Lipinski definition) is 1. The molecular formula is C23H26ClN5OS. The summed E-state index contributed by atoms with van der Waals surface area (Å²) in [7, 11) is 0. The summed E-state index contributed by atoms with van der Waals surface area (Å²) in [6.45, 7) is 10.5. The van der Waals surface area contributed by atoms with Crippen LogP contribution < -0.4 is 10.2 Å². The number of allylic oxidation sites excluding steroid dienone is 1. The molecule has 0 spiro atoms. The summed E-state index contributed by atoms with van der Waals surface area (Å²) in [5, 5.41) is 12.8. The monoisotopic (exact) mass is 455 g/mol. The maximum Gasteiger partial charge on any atom is 0.234 e. The molecule has 0 fully saturated rings. The van der Waals surface area contributed by atoms with E-state index >= 15 is 0 Å². The lowest BCUT2D eigenvalue weighted by molar-refractivity contribution is -0.113. The molecule has 1 amide bonds. The van der Waals surface area contributed by atoms with Crippen LogP contribution in [0, 0.1) is 0 Å². The normalized spacial score (nSPS) is 10.7. The van der Waals surface area contributed by atoms with Gasteiger partial charge in [0.1, 0.15) is 0 Å². The average molecular weight is 456 g/mol. The highest BCUT2D eigenvalue weighted by atomic mass is 35.5. The molecule has 3 aromatic rings. The molecule has 0 unspecified atom stereocenters. The van der Waals surface area contributed by atoms with E-state index in [9.17, 15) is 4.79 Å². The number of nitrogens with zero attached hydrogens (tertiary/aromatic N) is 4. The standard InChI is InChI=1S/C23H26ClN5OS/c1-4-15-29-22(17-7-9-18(24)10-8-17)26-27-23(29)31-16-21(30)25-19-11-13-20(14-12-19)28(5-2)6-3/h4,7-14H,1,5-6,15-16H2,2-3H3,(H,25,30). The number of carbonyl (C=O) groups is 1. The van der Waals surface area contributed by atoms with E-state index in [1.807, 2.05) is 53.1 Å². The van der Waals surface area contributed by atoms with Gasteiger partial charge in [-0.1, -0.05) is 29.4 Å². The van der Waals surface area contributed by atoms with E-state index in [2.05, 4.69) is 40.8 Å². The first-order valence-electron chi connectivity index (χ1n) is 10.1. The van der Waals surface area contributed by atoms with Gasteiger partial charge in [0.25, 0.3) is 0 Å². The lowest BCUT2D eigenvalue weighted by atomic mass is 10.2. The molecule has 8 heteroatoms. The van der Waals surface area contributed by atoms with E-state index in [0.717, 1.165) is 30.0 Å². The molecule has 0 atom stereocenters. The van der Waals surface area contributed by atoms with Gasteiger partial charge in [-0.2, -0.15) is 0 Å². The Morgan fingerprint density at radius 3 is 2.42 bits per heavy atom. The largest absolute Gasteiger partial charge is 0.372 e. The third-order valence-electron chi connectivity index (χ3n) is 4.74. The van der Waals surface area contributed by atoms with Crippen molar-refractivity contribution >= 4 is 40.6 Å². The van der Waals surface area contributed by atoms with Crippen LogP contribution in [-0.4, -0.2) is 39.5 Å². The molecule has 0 aliphatic carbocycles. The van der Waals surface area contributed by atoms with Crippen LogP contribution in [0.1, 0.15) is 13.8 Å². The Labute approximate surface area is 192 Å². The Kier molecular flexibility index (Phi) is 8.14. The van der Waals surface area contributed by atoms with Gasteiger partial charge in [-0.25, -0.2) is 0 Å². The second-order valence-corrected chi connectivity index (χ2v) is 8.15. The molecule has 1 heterocycles. The topological polar surface area (TPSA) is 63.1 Å². The zero-order chi connectivity index (χ0) is 22.2. The smallest absolute Gasteiger partial charge is 0.234 e. The number of anilines is 2. The molecule has 0 aliphatic rings. The SMILES string of the molecule is C=CCn1c(SCC(=O)Nc2ccc(N(CC)CC)cc2)nnc1-c1ccc(Cl)cc1. The van der Waals surface area contributed by atoms with Crippen molar-refractivity contribution in [3.05, 3.63) is 66.2 Å². The molecule has 0 bridgehead atoms. The van der Waals surface area contributed by atoms with E-state index < -0.39 is 0 Å². The molecule has 1 N–H and O–H groups in total. The fraction of sp³-hybridized carbons (Fsp3) is 0.261. The molecule has 3 rings (SSSR count). The minimum absolute atomic E-state index is 0.0956. The van der Waals surface area contributed by atoms with Crippen LogP contribution in [0.25, 0.3) is 11.4 Å². The molecule has 0 aliphatic heterocycles. The molecule has 2 aromatic carbocycles. The van der Waals surface area contributed by atoms with Crippen LogP contribution in [0.15, 0.2) is 66.3 Å². The van der Waals surface area contributed by atoms with Crippen LogP contribution in [0.2, 0.25) is 5.02 Å². The number of rotatable bonds is 10. The summed E-state index contributed by atoms with van der Waals surface area (Å²) in [5.41, 5.74) is 2.82. The highest BCUT2D eigenvalue weighted by Gasteiger charge is 2.15. The molecule has 6 nitrogen and oxygen atoms in total. The number of nitrogens with one attached hydrogen (secondary N) is 1. The van der Waals surface area contributed by atoms with E-state index in [-0.39, 0.29) is 11.7 Å². The summed E-state index contributed by atoms with van der Waals surface area (Å²) in [4.78, 5) is 14.7. The highest BCUT2D eigenvalue weighted by molar-refractivity contribution is 7.99. The number of amides is 1. The molecular weight excluding hydrogens is 430 g/mol. The third-order valence-corrected chi connectivity index (χ3v) is 5.96. The molecule has 0 saturated carbocycles. The van der Waals surface area contributed by atoms with Gasteiger partial charge in [0.2, 0.25) is 5.91 Å². The van der Waals surface area contributed by atoms with Crippen LogP contribution in [0.3, 0.4) is 0 Å². The molecule has 0 radical (unpaired) electrons. The number of halogens is 1. The predicted octanol–water partition coefficient (Wildman–Crippen LogP) is 5.36. The van der Waals surface area contributed by atoms with E-state index in [1.165, 1.54) is 11.8 Å². The van der Waals surface area contributed by atoms with E-state index in [0.29, 0.717) is 22.5 Å². The first-order chi connectivity index (χ1) is 15.0. The van der Waals surface area contributed by atoms with E-state index in [1.54, 1.807) is 6.08 Å². The number of carbonyl (C=O) groups excluding carboxylic acids is 1. The lowest BCUT2D eigenvalue weighted by Gasteiger charge is -2.21. The first-order valence-corrected chi connectivity index (χ1v) is 11.5. The van der Waals surface area contributed by atoms with E-state index in [4.69, 9.17) is 11.6 Å². The van der Waals surface area contributed by atoms with Crippen LogP contribution in [0.5, 0.6) is 0 Å². The number of benzene rings is 2. The van der Waals surface area contributed by atoms with Crippen molar-refractivity contribution in [2.24, 2.45) is 0 Å². The van der Waals surface area contributed by atoms with Gasteiger partial charge in [-0.05, 0) is 62.4 Å².